The second-order valence-corrected chi connectivity index (χ2v) is 10.4. The van der Waals surface area contributed by atoms with Gasteiger partial charge in [-0.3, -0.25) is 9.59 Å². The standard InChI is InChI=1S/C23H18F3NO2.C16H15NO/c1-16-7-8-18(15-21(16)27-22(28)19-5-3-2-4-6-19)10-9-17-11-13-20(14-12-17)29-23(24,25)26;1-3-13-10-9-12(2)15(11-13)17-16(18)14-7-5-4-6-8-14/h2-15H,1H3,(H,27,28);3-11H,1H2,2H3,(H,17,18)/b10-9+;. The van der Waals surface area contributed by atoms with Crippen molar-refractivity contribution in [3.63, 3.8) is 0 Å². The smallest absolute Gasteiger partial charge is 0.406 e. The minimum Gasteiger partial charge on any atom is -0.406 e. The van der Waals surface area contributed by atoms with E-state index in [4.69, 9.17) is 0 Å². The van der Waals surface area contributed by atoms with Gasteiger partial charge in [-0.05, 0) is 90.2 Å². The molecule has 0 atom stereocenters. The molecule has 0 unspecified atom stereocenters. The van der Waals surface area contributed by atoms with Crippen LogP contribution < -0.4 is 15.4 Å². The highest BCUT2D eigenvalue weighted by Crippen LogP contribution is 2.24. The lowest BCUT2D eigenvalue weighted by Gasteiger charge is -2.10. The molecule has 0 fully saturated rings. The largest absolute Gasteiger partial charge is 0.573 e. The van der Waals surface area contributed by atoms with Crippen molar-refractivity contribution in [3.8, 4) is 5.75 Å². The van der Waals surface area contributed by atoms with Crippen LogP contribution in [-0.2, 0) is 0 Å². The molecule has 238 valence electrons. The van der Waals surface area contributed by atoms with Crippen molar-refractivity contribution in [1.29, 1.82) is 0 Å². The summed E-state index contributed by atoms with van der Waals surface area (Å²) in [6, 6.07) is 35.2. The maximum Gasteiger partial charge on any atom is 0.573 e. The van der Waals surface area contributed by atoms with Gasteiger partial charge in [-0.1, -0.05) is 97.6 Å². The van der Waals surface area contributed by atoms with Crippen LogP contribution in [0.3, 0.4) is 0 Å². The number of aryl methyl sites for hydroxylation is 2. The second-order valence-electron chi connectivity index (χ2n) is 10.4. The summed E-state index contributed by atoms with van der Waals surface area (Å²) in [7, 11) is 0. The summed E-state index contributed by atoms with van der Waals surface area (Å²) in [6.45, 7) is 7.59. The van der Waals surface area contributed by atoms with E-state index in [0.29, 0.717) is 16.8 Å². The fourth-order valence-corrected chi connectivity index (χ4v) is 4.32. The first kappa shape index (κ1) is 34.0. The number of halogens is 3. The van der Waals surface area contributed by atoms with Gasteiger partial charge in [0.2, 0.25) is 0 Å². The van der Waals surface area contributed by atoms with E-state index in [2.05, 4.69) is 21.9 Å². The highest BCUT2D eigenvalue weighted by Gasteiger charge is 2.30. The molecule has 5 aromatic carbocycles. The summed E-state index contributed by atoms with van der Waals surface area (Å²) in [6.07, 6.45) is 0.638. The summed E-state index contributed by atoms with van der Waals surface area (Å²) in [5, 5.41) is 5.81. The van der Waals surface area contributed by atoms with Crippen LogP contribution in [0.15, 0.2) is 128 Å². The van der Waals surface area contributed by atoms with Crippen LogP contribution in [0.4, 0.5) is 24.5 Å². The highest BCUT2D eigenvalue weighted by molar-refractivity contribution is 6.05. The number of rotatable bonds is 8. The molecule has 47 heavy (non-hydrogen) atoms. The van der Waals surface area contributed by atoms with Gasteiger partial charge in [0.05, 0.1) is 0 Å². The molecule has 8 heteroatoms. The Bertz CT molecular complexity index is 1850. The number of ether oxygens (including phenoxy) is 1. The minimum absolute atomic E-state index is 0.0973. The zero-order chi connectivity index (χ0) is 33.8. The molecule has 0 aliphatic carbocycles. The van der Waals surface area contributed by atoms with Crippen molar-refractivity contribution >= 4 is 41.4 Å². The number of amides is 2. The molecule has 0 radical (unpaired) electrons. The third-order valence-electron chi connectivity index (χ3n) is 6.91. The van der Waals surface area contributed by atoms with Crippen molar-refractivity contribution in [2.75, 3.05) is 10.6 Å². The molecule has 0 saturated carbocycles. The van der Waals surface area contributed by atoms with Crippen LogP contribution >= 0.6 is 0 Å². The first-order chi connectivity index (χ1) is 22.5. The van der Waals surface area contributed by atoms with E-state index in [1.165, 1.54) is 24.3 Å². The van der Waals surface area contributed by atoms with Gasteiger partial charge in [0.15, 0.2) is 0 Å². The lowest BCUT2D eigenvalue weighted by molar-refractivity contribution is -0.274. The number of hydrogen-bond acceptors (Lipinski definition) is 3. The van der Waals surface area contributed by atoms with Gasteiger partial charge in [-0.15, -0.1) is 13.2 Å². The first-order valence-electron chi connectivity index (χ1n) is 14.6. The SMILES string of the molecule is C=Cc1ccc(C)c(NC(=O)c2ccccc2)c1.Cc1ccc(/C=C/c2ccc(OC(F)(F)F)cc2)cc1NC(=O)c1ccccc1. The van der Waals surface area contributed by atoms with Crippen molar-refractivity contribution < 1.29 is 27.5 Å². The van der Waals surface area contributed by atoms with E-state index in [1.807, 2.05) is 80.6 Å². The van der Waals surface area contributed by atoms with Crippen LogP contribution in [0.25, 0.3) is 18.2 Å². The maximum absolute atomic E-state index is 12.4. The third kappa shape index (κ3) is 10.6. The number of carbonyl (C=O) groups is 2. The fraction of sp³-hybridized carbons (Fsp3) is 0.0769. The van der Waals surface area contributed by atoms with Gasteiger partial charge in [-0.25, -0.2) is 0 Å². The monoisotopic (exact) mass is 634 g/mol. The molecule has 0 aliphatic heterocycles. The number of benzene rings is 5. The number of hydrogen-bond donors (Lipinski definition) is 2. The average molecular weight is 635 g/mol. The Balaban J connectivity index is 0.000000238. The van der Waals surface area contributed by atoms with Gasteiger partial charge >= 0.3 is 6.36 Å². The Morgan fingerprint density at radius 3 is 1.51 bits per heavy atom. The zero-order valence-electron chi connectivity index (χ0n) is 25.8. The fourth-order valence-electron chi connectivity index (χ4n) is 4.32. The van der Waals surface area contributed by atoms with Gasteiger partial charge in [-0.2, -0.15) is 0 Å². The third-order valence-corrected chi connectivity index (χ3v) is 6.91. The predicted molar refractivity (Wildman–Crippen MR) is 183 cm³/mol. The molecule has 2 N–H and O–H groups in total. The first-order valence-corrected chi connectivity index (χ1v) is 14.6. The van der Waals surface area contributed by atoms with Crippen LogP contribution in [0.5, 0.6) is 5.75 Å². The van der Waals surface area contributed by atoms with Crippen molar-refractivity contribution in [2.45, 2.75) is 20.2 Å². The number of carbonyl (C=O) groups excluding carboxylic acids is 2. The van der Waals surface area contributed by atoms with E-state index in [0.717, 1.165) is 33.5 Å². The van der Waals surface area contributed by atoms with E-state index < -0.39 is 6.36 Å². The maximum atomic E-state index is 12.4. The van der Waals surface area contributed by atoms with Crippen LogP contribution in [0, 0.1) is 13.8 Å². The molecule has 0 aliphatic rings. The van der Waals surface area contributed by atoms with Crippen molar-refractivity contribution in [2.24, 2.45) is 0 Å². The van der Waals surface area contributed by atoms with Crippen LogP contribution in [0.1, 0.15) is 48.5 Å². The van der Waals surface area contributed by atoms with Gasteiger partial charge in [0.25, 0.3) is 11.8 Å². The molecule has 0 spiro atoms. The molecule has 0 bridgehead atoms. The molecule has 0 heterocycles. The Morgan fingerprint density at radius 1 is 0.617 bits per heavy atom. The average Bonchev–Trinajstić information content (AvgIpc) is 3.07. The molecule has 2 amide bonds. The minimum atomic E-state index is -4.71. The Kier molecular flexibility index (Phi) is 11.5. The summed E-state index contributed by atoms with van der Waals surface area (Å²) in [5.74, 6) is -0.564. The van der Waals surface area contributed by atoms with E-state index in [1.54, 1.807) is 48.6 Å². The topological polar surface area (TPSA) is 67.4 Å². The van der Waals surface area contributed by atoms with Gasteiger partial charge in [0, 0.05) is 22.5 Å². The molecular weight excluding hydrogens is 601 g/mol. The van der Waals surface area contributed by atoms with Crippen LogP contribution in [0.2, 0.25) is 0 Å². The summed E-state index contributed by atoms with van der Waals surface area (Å²) < 4.78 is 40.5. The summed E-state index contributed by atoms with van der Waals surface area (Å²) in [4.78, 5) is 24.4. The van der Waals surface area contributed by atoms with Crippen molar-refractivity contribution in [1.82, 2.24) is 0 Å². The normalized spacial score (nSPS) is 10.8. The van der Waals surface area contributed by atoms with E-state index in [-0.39, 0.29) is 17.6 Å². The zero-order valence-corrected chi connectivity index (χ0v) is 25.8. The number of nitrogens with one attached hydrogen (secondary N) is 2. The Morgan fingerprint density at radius 2 is 1.04 bits per heavy atom. The lowest BCUT2D eigenvalue weighted by Crippen LogP contribution is -2.16. The molecule has 5 aromatic rings. The van der Waals surface area contributed by atoms with Gasteiger partial charge < -0.3 is 15.4 Å². The molecule has 5 nitrogen and oxygen atoms in total. The molecule has 0 aromatic heterocycles. The highest BCUT2D eigenvalue weighted by atomic mass is 19.4. The molecular formula is C39H33F3N2O3. The summed E-state index contributed by atoms with van der Waals surface area (Å²) >= 11 is 0. The predicted octanol–water partition coefficient (Wildman–Crippen LogP) is 10.2. The quantitative estimate of drug-likeness (QED) is 0.167. The van der Waals surface area contributed by atoms with Crippen LogP contribution in [-0.4, -0.2) is 18.2 Å². The Hall–Kier alpha value is -5.89. The number of anilines is 2. The number of alkyl halides is 3. The lowest BCUT2D eigenvalue weighted by atomic mass is 10.1. The molecule has 0 saturated heterocycles. The second kappa shape index (κ2) is 15.9. The van der Waals surface area contributed by atoms with E-state index >= 15 is 0 Å². The van der Waals surface area contributed by atoms with E-state index in [9.17, 15) is 22.8 Å². The summed E-state index contributed by atoms with van der Waals surface area (Å²) in [5.41, 5.74) is 7.23. The van der Waals surface area contributed by atoms with Crippen molar-refractivity contribution in [3.05, 3.63) is 167 Å². The van der Waals surface area contributed by atoms with Gasteiger partial charge in [0.1, 0.15) is 5.75 Å². The Labute approximate surface area is 272 Å². The molecule has 5 rings (SSSR count).